The first kappa shape index (κ1) is 22.0. The number of anilines is 1. The minimum absolute atomic E-state index is 0.578. The first-order valence-corrected chi connectivity index (χ1v) is 10.7. The van der Waals surface area contributed by atoms with Crippen LogP contribution in [-0.2, 0) is 9.59 Å². The summed E-state index contributed by atoms with van der Waals surface area (Å²) in [6.07, 6.45) is 1.56. The fourth-order valence-electron chi connectivity index (χ4n) is 4.07. The Labute approximate surface area is 192 Å². The van der Waals surface area contributed by atoms with Crippen molar-refractivity contribution < 1.29 is 9.59 Å². The molecule has 166 valence electrons. The van der Waals surface area contributed by atoms with Gasteiger partial charge in [0.2, 0.25) is 0 Å². The molecule has 0 atom stereocenters. The average Bonchev–Trinajstić information content (AvgIpc) is 3.07. The highest BCUT2D eigenvalue weighted by molar-refractivity contribution is 6.40. The predicted octanol–water partition coefficient (Wildman–Crippen LogP) is 4.95. The zero-order valence-corrected chi connectivity index (χ0v) is 19.1. The van der Waals surface area contributed by atoms with Gasteiger partial charge in [0.05, 0.1) is 6.21 Å². The lowest BCUT2D eigenvalue weighted by molar-refractivity contribution is -0.136. The van der Waals surface area contributed by atoms with E-state index in [1.165, 1.54) is 11.1 Å². The van der Waals surface area contributed by atoms with Gasteiger partial charge in [0, 0.05) is 33.7 Å². The van der Waals surface area contributed by atoms with Crippen molar-refractivity contribution in [3.8, 4) is 5.69 Å². The number of nitrogens with zero attached hydrogens (tertiary/aromatic N) is 2. The Bertz CT molecular complexity index is 1390. The minimum atomic E-state index is -0.831. The number of carbonyl (C=O) groups excluding carboxylic acids is 2. The molecule has 33 heavy (non-hydrogen) atoms. The number of aryl methyl sites for hydroxylation is 3. The summed E-state index contributed by atoms with van der Waals surface area (Å²) in [5.74, 6) is -1.60. The Morgan fingerprint density at radius 2 is 1.64 bits per heavy atom. The van der Waals surface area contributed by atoms with Crippen LogP contribution in [-0.4, -0.2) is 22.6 Å². The Balaban J connectivity index is 1.47. The standard InChI is InChI=1S/C27H26N4O2/c1-17-12-13-25(18(2)14-17)31-19(3)15-22(20(31)4)16-28-30-27(33)26(32)29-24-11-7-9-21-8-5-6-10-23(21)24/h5-16H,1-4H3,(H,29,32)(H,30,33)/b28-16-. The molecule has 1 heterocycles. The van der Waals surface area contributed by atoms with Gasteiger partial charge in [-0.15, -0.1) is 0 Å². The van der Waals surface area contributed by atoms with Crippen molar-refractivity contribution in [2.75, 3.05) is 5.32 Å². The van der Waals surface area contributed by atoms with Crippen molar-refractivity contribution in [2.45, 2.75) is 27.7 Å². The third-order valence-corrected chi connectivity index (χ3v) is 5.68. The molecule has 4 rings (SSSR count). The normalized spacial score (nSPS) is 11.2. The summed E-state index contributed by atoms with van der Waals surface area (Å²) in [5.41, 5.74) is 9.32. The monoisotopic (exact) mass is 438 g/mol. The molecule has 0 unspecified atom stereocenters. The molecule has 1 aromatic heterocycles. The zero-order chi connectivity index (χ0) is 23.5. The Kier molecular flexibility index (Phi) is 6.09. The molecule has 0 saturated carbocycles. The number of aromatic nitrogens is 1. The van der Waals surface area contributed by atoms with Gasteiger partial charge in [-0.1, -0.05) is 54.1 Å². The molecule has 0 saturated heterocycles. The van der Waals surface area contributed by atoms with E-state index in [0.29, 0.717) is 5.69 Å². The van der Waals surface area contributed by atoms with Crippen molar-refractivity contribution in [2.24, 2.45) is 5.10 Å². The Morgan fingerprint density at radius 3 is 2.42 bits per heavy atom. The van der Waals surface area contributed by atoms with Gasteiger partial charge in [-0.2, -0.15) is 5.10 Å². The Morgan fingerprint density at radius 1 is 0.879 bits per heavy atom. The van der Waals surface area contributed by atoms with Crippen LogP contribution in [0.15, 0.2) is 71.8 Å². The Hall–Kier alpha value is -4.19. The number of hydrogen-bond acceptors (Lipinski definition) is 3. The number of rotatable bonds is 4. The van der Waals surface area contributed by atoms with E-state index in [0.717, 1.165) is 33.4 Å². The maximum Gasteiger partial charge on any atom is 0.329 e. The summed E-state index contributed by atoms with van der Waals surface area (Å²) in [6.45, 7) is 8.19. The van der Waals surface area contributed by atoms with E-state index in [1.54, 1.807) is 12.3 Å². The van der Waals surface area contributed by atoms with Crippen LogP contribution < -0.4 is 10.7 Å². The summed E-state index contributed by atoms with van der Waals surface area (Å²) < 4.78 is 2.16. The molecular formula is C27H26N4O2. The van der Waals surface area contributed by atoms with Crippen molar-refractivity contribution in [1.82, 2.24) is 9.99 Å². The quantitative estimate of drug-likeness (QED) is 0.269. The summed E-state index contributed by atoms with van der Waals surface area (Å²) in [6, 6.07) is 21.5. The molecule has 4 aromatic rings. The first-order valence-electron chi connectivity index (χ1n) is 10.7. The van der Waals surface area contributed by atoms with E-state index in [1.807, 2.05) is 56.3 Å². The van der Waals surface area contributed by atoms with Crippen molar-refractivity contribution >= 4 is 34.5 Å². The molecule has 0 radical (unpaired) electrons. The summed E-state index contributed by atoms with van der Waals surface area (Å²) in [4.78, 5) is 24.7. The molecule has 6 heteroatoms. The SMILES string of the molecule is Cc1ccc(-n2c(C)cc(/C=N\NC(=O)C(=O)Nc3cccc4ccccc34)c2C)c(C)c1. The second-order valence-corrected chi connectivity index (χ2v) is 8.13. The molecule has 0 bridgehead atoms. The molecule has 0 spiro atoms. The molecule has 2 amide bonds. The highest BCUT2D eigenvalue weighted by Crippen LogP contribution is 2.24. The largest absolute Gasteiger partial charge is 0.329 e. The number of amides is 2. The number of hydrazone groups is 1. The molecule has 2 N–H and O–H groups in total. The van der Waals surface area contributed by atoms with Crippen LogP contribution in [0.1, 0.15) is 28.1 Å². The van der Waals surface area contributed by atoms with Crippen LogP contribution in [0.2, 0.25) is 0 Å². The number of fused-ring (bicyclic) bond motifs is 1. The van der Waals surface area contributed by atoms with Gasteiger partial charge < -0.3 is 9.88 Å². The van der Waals surface area contributed by atoms with E-state index >= 15 is 0 Å². The van der Waals surface area contributed by atoms with Crippen LogP contribution in [0.3, 0.4) is 0 Å². The average molecular weight is 439 g/mol. The topological polar surface area (TPSA) is 75.5 Å². The third-order valence-electron chi connectivity index (χ3n) is 5.68. The van der Waals surface area contributed by atoms with Crippen molar-refractivity contribution in [3.63, 3.8) is 0 Å². The van der Waals surface area contributed by atoms with E-state index < -0.39 is 11.8 Å². The second kappa shape index (κ2) is 9.12. The zero-order valence-electron chi connectivity index (χ0n) is 19.1. The van der Waals surface area contributed by atoms with E-state index in [2.05, 4.69) is 52.5 Å². The summed E-state index contributed by atoms with van der Waals surface area (Å²) >= 11 is 0. The maximum atomic E-state index is 12.4. The molecule has 0 aliphatic rings. The molecule has 0 fully saturated rings. The number of nitrogens with one attached hydrogen (secondary N) is 2. The summed E-state index contributed by atoms with van der Waals surface area (Å²) in [5, 5.41) is 8.52. The number of benzene rings is 3. The van der Waals surface area contributed by atoms with Gasteiger partial charge in [0.25, 0.3) is 0 Å². The molecule has 3 aromatic carbocycles. The van der Waals surface area contributed by atoms with Crippen LogP contribution in [0.25, 0.3) is 16.5 Å². The van der Waals surface area contributed by atoms with E-state index in [9.17, 15) is 9.59 Å². The van der Waals surface area contributed by atoms with Gasteiger partial charge in [-0.25, -0.2) is 5.43 Å². The fraction of sp³-hybridized carbons (Fsp3) is 0.148. The lowest BCUT2D eigenvalue weighted by Crippen LogP contribution is -2.32. The second-order valence-electron chi connectivity index (χ2n) is 8.13. The maximum absolute atomic E-state index is 12.4. The van der Waals surface area contributed by atoms with Gasteiger partial charge in [-0.3, -0.25) is 9.59 Å². The molecular weight excluding hydrogens is 412 g/mol. The third kappa shape index (κ3) is 4.55. The molecule has 6 nitrogen and oxygen atoms in total. The van der Waals surface area contributed by atoms with Crippen LogP contribution >= 0.6 is 0 Å². The van der Waals surface area contributed by atoms with Crippen LogP contribution in [0, 0.1) is 27.7 Å². The highest BCUT2D eigenvalue weighted by atomic mass is 16.2. The lowest BCUT2D eigenvalue weighted by atomic mass is 10.1. The number of hydrogen-bond donors (Lipinski definition) is 2. The summed E-state index contributed by atoms with van der Waals surface area (Å²) in [7, 11) is 0. The molecule has 0 aliphatic carbocycles. The van der Waals surface area contributed by atoms with Crippen molar-refractivity contribution in [1.29, 1.82) is 0 Å². The van der Waals surface area contributed by atoms with E-state index in [-0.39, 0.29) is 0 Å². The van der Waals surface area contributed by atoms with Gasteiger partial charge in [-0.05, 0) is 56.8 Å². The fourth-order valence-corrected chi connectivity index (χ4v) is 4.07. The van der Waals surface area contributed by atoms with Crippen LogP contribution in [0.4, 0.5) is 5.69 Å². The van der Waals surface area contributed by atoms with Gasteiger partial charge in [0.1, 0.15) is 0 Å². The van der Waals surface area contributed by atoms with Gasteiger partial charge >= 0.3 is 11.8 Å². The van der Waals surface area contributed by atoms with Gasteiger partial charge in [0.15, 0.2) is 0 Å². The smallest absolute Gasteiger partial charge is 0.318 e. The minimum Gasteiger partial charge on any atom is -0.318 e. The predicted molar refractivity (Wildman–Crippen MR) is 133 cm³/mol. The first-order chi connectivity index (χ1) is 15.8. The number of carbonyl (C=O) groups is 2. The van der Waals surface area contributed by atoms with Crippen LogP contribution in [0.5, 0.6) is 0 Å². The lowest BCUT2D eigenvalue weighted by Gasteiger charge is -2.13. The van der Waals surface area contributed by atoms with Crippen molar-refractivity contribution in [3.05, 3.63) is 94.8 Å². The van der Waals surface area contributed by atoms with E-state index in [4.69, 9.17) is 0 Å². The highest BCUT2D eigenvalue weighted by Gasteiger charge is 2.15. The molecule has 0 aliphatic heterocycles.